The predicted molar refractivity (Wildman–Crippen MR) is 46.1 cm³/mol. The number of rotatable bonds is 4. The first-order valence-electron chi connectivity index (χ1n) is 3.10. The molecule has 0 heterocycles. The molecule has 0 fully saturated rings. The lowest BCUT2D eigenvalue weighted by Crippen LogP contribution is -2.26. The predicted octanol–water partition coefficient (Wildman–Crippen LogP) is 0.765. The fraction of sp³-hybridized carbons (Fsp3) is 0.429. The van der Waals surface area contributed by atoms with Crippen molar-refractivity contribution < 1.29 is 0 Å². The van der Waals surface area contributed by atoms with E-state index in [1.54, 1.807) is 0 Å². The van der Waals surface area contributed by atoms with Crippen LogP contribution < -0.4 is 0 Å². The molecule has 9 heavy (non-hydrogen) atoms. The SMILES string of the molecule is C=C[SiH](C=C)CN(C)C. The van der Waals surface area contributed by atoms with Gasteiger partial charge in [-0.3, -0.25) is 0 Å². The first-order valence-corrected chi connectivity index (χ1v) is 5.25. The normalized spacial score (nSPS) is 10.2. The molecule has 1 nitrogen and oxygen atoms in total. The summed E-state index contributed by atoms with van der Waals surface area (Å²) in [4.78, 5) is 2.18. The van der Waals surface area contributed by atoms with Crippen LogP contribution in [0.2, 0.25) is 0 Å². The van der Waals surface area contributed by atoms with Crippen LogP contribution in [0.15, 0.2) is 24.6 Å². The Kier molecular flexibility index (Phi) is 4.36. The molecule has 2 heteroatoms. The van der Waals surface area contributed by atoms with Gasteiger partial charge in [-0.15, -0.1) is 13.2 Å². The van der Waals surface area contributed by atoms with E-state index in [0.29, 0.717) is 0 Å². The fourth-order valence-corrected chi connectivity index (χ4v) is 2.00. The van der Waals surface area contributed by atoms with Gasteiger partial charge in [0.05, 0.1) is 8.80 Å². The van der Waals surface area contributed by atoms with Crippen LogP contribution in [-0.2, 0) is 0 Å². The molecule has 0 amide bonds. The zero-order valence-electron chi connectivity index (χ0n) is 6.30. The molecule has 0 aromatic rings. The molecule has 0 atom stereocenters. The van der Waals surface area contributed by atoms with Gasteiger partial charge >= 0.3 is 0 Å². The van der Waals surface area contributed by atoms with Crippen LogP contribution >= 0.6 is 0 Å². The van der Waals surface area contributed by atoms with Crippen LogP contribution in [0.1, 0.15) is 0 Å². The van der Waals surface area contributed by atoms with Gasteiger partial charge in [0.1, 0.15) is 0 Å². The molecule has 0 aromatic carbocycles. The van der Waals surface area contributed by atoms with E-state index in [4.69, 9.17) is 0 Å². The molecule has 0 saturated carbocycles. The topological polar surface area (TPSA) is 3.24 Å². The van der Waals surface area contributed by atoms with Gasteiger partial charge in [-0.1, -0.05) is 11.4 Å². The van der Waals surface area contributed by atoms with Gasteiger partial charge in [0.2, 0.25) is 0 Å². The minimum atomic E-state index is -0.796. The van der Waals surface area contributed by atoms with Gasteiger partial charge in [0.25, 0.3) is 0 Å². The van der Waals surface area contributed by atoms with Crippen LogP contribution in [0.25, 0.3) is 0 Å². The molecular formula is C7H15NSi. The molecule has 0 aromatic heterocycles. The van der Waals surface area contributed by atoms with E-state index in [2.05, 4.69) is 32.2 Å². The number of nitrogens with zero attached hydrogens (tertiary/aromatic N) is 1. The van der Waals surface area contributed by atoms with Crippen molar-refractivity contribution in [3.05, 3.63) is 24.6 Å². The summed E-state index contributed by atoms with van der Waals surface area (Å²) >= 11 is 0. The van der Waals surface area contributed by atoms with E-state index >= 15 is 0 Å². The third-order valence-electron chi connectivity index (χ3n) is 1.18. The van der Waals surface area contributed by atoms with Crippen molar-refractivity contribution in [3.8, 4) is 0 Å². The molecule has 0 spiro atoms. The van der Waals surface area contributed by atoms with Crippen molar-refractivity contribution in [1.82, 2.24) is 4.90 Å². The molecule has 0 radical (unpaired) electrons. The number of hydrogen-bond acceptors (Lipinski definition) is 1. The third-order valence-corrected chi connectivity index (χ3v) is 3.54. The summed E-state index contributed by atoms with van der Waals surface area (Å²) in [5, 5.41) is 0. The highest BCUT2D eigenvalue weighted by atomic mass is 28.3. The molecule has 0 aliphatic heterocycles. The minimum Gasteiger partial charge on any atom is -0.312 e. The summed E-state index contributed by atoms with van der Waals surface area (Å²) in [6, 6.07) is 0. The second-order valence-electron chi connectivity index (χ2n) is 2.40. The Hall–Kier alpha value is -0.343. The Morgan fingerprint density at radius 2 is 1.78 bits per heavy atom. The van der Waals surface area contributed by atoms with E-state index in [9.17, 15) is 0 Å². The van der Waals surface area contributed by atoms with Crippen molar-refractivity contribution in [2.24, 2.45) is 0 Å². The molecule has 0 rings (SSSR count). The first-order chi connectivity index (χ1) is 4.20. The van der Waals surface area contributed by atoms with Crippen LogP contribution in [0.5, 0.6) is 0 Å². The lowest BCUT2D eigenvalue weighted by molar-refractivity contribution is 0.476. The molecule has 0 bridgehead atoms. The second-order valence-corrected chi connectivity index (χ2v) is 5.03. The molecular weight excluding hydrogens is 126 g/mol. The van der Waals surface area contributed by atoms with Crippen LogP contribution in [0.3, 0.4) is 0 Å². The van der Waals surface area contributed by atoms with E-state index < -0.39 is 8.80 Å². The Morgan fingerprint density at radius 1 is 1.33 bits per heavy atom. The minimum absolute atomic E-state index is 0.796. The maximum atomic E-state index is 3.75. The van der Waals surface area contributed by atoms with Crippen molar-refractivity contribution in [1.29, 1.82) is 0 Å². The van der Waals surface area contributed by atoms with Crippen molar-refractivity contribution in [2.45, 2.75) is 0 Å². The smallest absolute Gasteiger partial charge is 0.0982 e. The lowest BCUT2D eigenvalue weighted by Gasteiger charge is -2.11. The van der Waals surface area contributed by atoms with Crippen LogP contribution in [-0.4, -0.2) is 34.0 Å². The molecule has 0 saturated heterocycles. The Labute approximate surface area is 59.3 Å². The average molecular weight is 141 g/mol. The van der Waals surface area contributed by atoms with E-state index in [1.165, 1.54) is 0 Å². The largest absolute Gasteiger partial charge is 0.312 e. The van der Waals surface area contributed by atoms with Gasteiger partial charge in [0, 0.05) is 0 Å². The first kappa shape index (κ1) is 8.66. The highest BCUT2D eigenvalue weighted by molar-refractivity contribution is 6.69. The Bertz CT molecular complexity index is 91.1. The lowest BCUT2D eigenvalue weighted by atomic mass is 11.0. The monoisotopic (exact) mass is 141 g/mol. The maximum Gasteiger partial charge on any atom is 0.0982 e. The Balaban J connectivity index is 3.55. The summed E-state index contributed by atoms with van der Waals surface area (Å²) in [5.41, 5.74) is 4.10. The van der Waals surface area contributed by atoms with Crippen molar-refractivity contribution in [3.63, 3.8) is 0 Å². The molecule has 52 valence electrons. The van der Waals surface area contributed by atoms with Gasteiger partial charge in [-0.25, -0.2) is 0 Å². The average Bonchev–Trinajstić information content (AvgIpc) is 1.82. The summed E-state index contributed by atoms with van der Waals surface area (Å²) in [6.07, 6.45) is 1.15. The molecule has 0 aliphatic carbocycles. The summed E-state index contributed by atoms with van der Waals surface area (Å²) in [6.45, 7) is 7.50. The van der Waals surface area contributed by atoms with E-state index in [1.807, 2.05) is 11.4 Å². The van der Waals surface area contributed by atoms with Gasteiger partial charge in [0.15, 0.2) is 0 Å². The van der Waals surface area contributed by atoms with Gasteiger partial charge in [-0.05, 0) is 20.3 Å². The quantitative estimate of drug-likeness (QED) is 0.523. The van der Waals surface area contributed by atoms with E-state index in [0.717, 1.165) is 6.17 Å². The third kappa shape index (κ3) is 4.18. The molecule has 0 N–H and O–H groups in total. The van der Waals surface area contributed by atoms with Crippen molar-refractivity contribution >= 4 is 8.80 Å². The van der Waals surface area contributed by atoms with Crippen molar-refractivity contribution in [2.75, 3.05) is 20.3 Å². The maximum absolute atomic E-state index is 3.75. The molecule has 0 unspecified atom stereocenters. The van der Waals surface area contributed by atoms with Crippen LogP contribution in [0, 0.1) is 0 Å². The zero-order chi connectivity index (χ0) is 7.28. The summed E-state index contributed by atoms with van der Waals surface area (Å²) in [7, 11) is 3.36. The summed E-state index contributed by atoms with van der Waals surface area (Å²) in [5.74, 6) is 0. The Morgan fingerprint density at radius 3 is 1.89 bits per heavy atom. The summed E-state index contributed by atoms with van der Waals surface area (Å²) < 4.78 is 0. The van der Waals surface area contributed by atoms with E-state index in [-0.39, 0.29) is 0 Å². The van der Waals surface area contributed by atoms with Crippen LogP contribution in [0.4, 0.5) is 0 Å². The second kappa shape index (κ2) is 4.53. The standard InChI is InChI=1S/C7H15NSi/c1-5-9(6-2)7-8(3)4/h5-6,9H,1-2,7H2,3-4H3. The van der Waals surface area contributed by atoms with Gasteiger partial charge < -0.3 is 4.90 Å². The van der Waals surface area contributed by atoms with Gasteiger partial charge in [-0.2, -0.15) is 0 Å². The fourth-order valence-electron chi connectivity index (χ4n) is 0.667. The number of hydrogen-bond donors (Lipinski definition) is 0. The highest BCUT2D eigenvalue weighted by Gasteiger charge is 2.00. The highest BCUT2D eigenvalue weighted by Crippen LogP contribution is 1.86. The zero-order valence-corrected chi connectivity index (χ0v) is 7.46. The molecule has 0 aliphatic rings.